The fourth-order valence-electron chi connectivity index (χ4n) is 3.74. The lowest BCUT2D eigenvalue weighted by Crippen LogP contribution is -2.63. The summed E-state index contributed by atoms with van der Waals surface area (Å²) in [5.74, 6) is 0.368. The third kappa shape index (κ3) is 2.38. The molecule has 2 N–H and O–H groups in total. The van der Waals surface area contributed by atoms with Gasteiger partial charge in [-0.05, 0) is 40.5 Å². The van der Waals surface area contributed by atoms with Crippen LogP contribution < -0.4 is 10.6 Å². The largest absolute Gasteiger partial charge is 0.448 e. The van der Waals surface area contributed by atoms with E-state index >= 15 is 0 Å². The van der Waals surface area contributed by atoms with Gasteiger partial charge in [-0.1, -0.05) is 0 Å². The molecule has 1 aliphatic rings. The molecule has 1 aromatic heterocycles. The summed E-state index contributed by atoms with van der Waals surface area (Å²) in [5.41, 5.74) is 6.38. The van der Waals surface area contributed by atoms with Gasteiger partial charge in [0.25, 0.3) is 0 Å². The Bertz CT molecular complexity index is 513. The Kier molecular flexibility index (Phi) is 3.50. The van der Waals surface area contributed by atoms with E-state index in [-0.39, 0.29) is 28.6 Å². The van der Waals surface area contributed by atoms with Gasteiger partial charge < -0.3 is 15.1 Å². The number of carbonyl (C=O) groups is 2. The van der Waals surface area contributed by atoms with E-state index in [2.05, 4.69) is 32.6 Å². The van der Waals surface area contributed by atoms with Crippen molar-refractivity contribution in [2.45, 2.75) is 57.7 Å². The number of carbonyl (C=O) groups excluding carboxylic acids is 2. The normalized spacial score (nSPS) is 21.8. The van der Waals surface area contributed by atoms with Crippen molar-refractivity contribution in [1.82, 2.24) is 0 Å². The maximum atomic E-state index is 11.2. The van der Waals surface area contributed by atoms with E-state index in [1.807, 2.05) is 0 Å². The highest BCUT2D eigenvalue weighted by Gasteiger charge is 2.45. The van der Waals surface area contributed by atoms with Crippen LogP contribution in [0.1, 0.15) is 61.6 Å². The van der Waals surface area contributed by atoms with E-state index in [0.29, 0.717) is 18.3 Å². The van der Waals surface area contributed by atoms with Crippen molar-refractivity contribution in [1.29, 1.82) is 0 Å². The topological polar surface area (TPSA) is 76.5 Å². The van der Waals surface area contributed by atoms with Crippen molar-refractivity contribution in [3.05, 3.63) is 17.6 Å². The average molecular weight is 278 g/mol. The zero-order chi connectivity index (χ0) is 15.1. The molecule has 1 fully saturated rings. The number of nitrogens with zero attached hydrogens (tertiary/aromatic N) is 1. The second-order valence-corrected chi connectivity index (χ2v) is 6.76. The molecule has 2 heterocycles. The quantitative estimate of drug-likeness (QED) is 0.859. The van der Waals surface area contributed by atoms with Gasteiger partial charge in [0, 0.05) is 23.2 Å². The number of piperidine rings is 1. The molecule has 0 amide bonds. The molecule has 0 aromatic carbocycles. The van der Waals surface area contributed by atoms with Crippen molar-refractivity contribution < 1.29 is 14.0 Å². The molecule has 0 aliphatic carbocycles. The Hall–Kier alpha value is -1.62. The van der Waals surface area contributed by atoms with Crippen LogP contribution in [0.25, 0.3) is 0 Å². The van der Waals surface area contributed by atoms with Crippen molar-refractivity contribution in [2.24, 2.45) is 5.73 Å². The summed E-state index contributed by atoms with van der Waals surface area (Å²) in [5, 5.41) is 0. The van der Waals surface area contributed by atoms with Gasteiger partial charge in [0.2, 0.25) is 0 Å². The first-order chi connectivity index (χ1) is 9.21. The molecule has 0 bridgehead atoms. The Morgan fingerprint density at radius 2 is 1.75 bits per heavy atom. The third-order valence-corrected chi connectivity index (χ3v) is 3.96. The first-order valence-corrected chi connectivity index (χ1v) is 6.81. The van der Waals surface area contributed by atoms with Gasteiger partial charge in [0.1, 0.15) is 0 Å². The summed E-state index contributed by atoms with van der Waals surface area (Å²) >= 11 is 0. The van der Waals surface area contributed by atoms with Gasteiger partial charge in [0.15, 0.2) is 24.1 Å². The predicted octanol–water partition coefficient (Wildman–Crippen LogP) is 2.39. The minimum Gasteiger partial charge on any atom is -0.448 e. The number of aldehydes is 2. The lowest BCUT2D eigenvalue weighted by atomic mass is 9.77. The molecule has 5 heteroatoms. The average Bonchev–Trinajstić information content (AvgIpc) is 2.67. The summed E-state index contributed by atoms with van der Waals surface area (Å²) in [7, 11) is 0. The van der Waals surface area contributed by atoms with Crippen LogP contribution in [0.2, 0.25) is 0 Å². The summed E-state index contributed by atoms with van der Waals surface area (Å²) in [6.07, 6.45) is 2.90. The highest BCUT2D eigenvalue weighted by atomic mass is 16.4. The standard InChI is InChI=1S/C15H22N2O3/c1-14(2)6-10(16)7-15(3,4)17(14)12-5-11(8-18)20-13(12)9-19/h5,8-10H,6-7,16H2,1-4H3. The maximum absolute atomic E-state index is 11.2. The van der Waals surface area contributed by atoms with E-state index in [9.17, 15) is 9.59 Å². The molecule has 0 saturated carbocycles. The Labute approximate surface area is 119 Å². The highest BCUT2D eigenvalue weighted by Crippen LogP contribution is 2.43. The van der Waals surface area contributed by atoms with Crippen molar-refractivity contribution in [3.8, 4) is 0 Å². The van der Waals surface area contributed by atoms with Crippen LogP contribution in [0, 0.1) is 0 Å². The smallest absolute Gasteiger partial charge is 0.190 e. The molecule has 1 saturated heterocycles. The van der Waals surface area contributed by atoms with Gasteiger partial charge in [-0.3, -0.25) is 9.59 Å². The van der Waals surface area contributed by atoms with Gasteiger partial charge in [-0.2, -0.15) is 0 Å². The Balaban J connectivity index is 2.55. The first-order valence-electron chi connectivity index (χ1n) is 6.81. The highest BCUT2D eigenvalue weighted by molar-refractivity contribution is 5.86. The summed E-state index contributed by atoms with van der Waals surface area (Å²) < 4.78 is 5.27. The maximum Gasteiger partial charge on any atom is 0.190 e. The second kappa shape index (κ2) is 4.74. The van der Waals surface area contributed by atoms with Crippen LogP contribution in [0.5, 0.6) is 0 Å². The zero-order valence-corrected chi connectivity index (χ0v) is 12.5. The van der Waals surface area contributed by atoms with Crippen LogP contribution in [0.15, 0.2) is 10.5 Å². The van der Waals surface area contributed by atoms with E-state index in [4.69, 9.17) is 10.2 Å². The van der Waals surface area contributed by atoms with Gasteiger partial charge in [0.05, 0.1) is 5.69 Å². The van der Waals surface area contributed by atoms with Crippen LogP contribution in [-0.2, 0) is 0 Å². The molecule has 2 rings (SSSR count). The zero-order valence-electron chi connectivity index (χ0n) is 12.5. The van der Waals surface area contributed by atoms with E-state index in [0.717, 1.165) is 12.8 Å². The van der Waals surface area contributed by atoms with Crippen LogP contribution in [0.4, 0.5) is 5.69 Å². The summed E-state index contributed by atoms with van der Waals surface area (Å²) in [6.45, 7) is 8.37. The lowest BCUT2D eigenvalue weighted by Gasteiger charge is -2.55. The van der Waals surface area contributed by atoms with Gasteiger partial charge in [-0.25, -0.2) is 0 Å². The van der Waals surface area contributed by atoms with Crippen LogP contribution >= 0.6 is 0 Å². The molecule has 0 atom stereocenters. The number of nitrogens with two attached hydrogens (primary N) is 1. The third-order valence-electron chi connectivity index (χ3n) is 3.96. The molecule has 110 valence electrons. The van der Waals surface area contributed by atoms with Gasteiger partial charge in [-0.15, -0.1) is 0 Å². The lowest BCUT2D eigenvalue weighted by molar-refractivity contribution is 0.108. The minimum absolute atomic E-state index is 0.119. The van der Waals surface area contributed by atoms with Gasteiger partial charge >= 0.3 is 0 Å². The SMILES string of the molecule is CC1(C)CC(N)CC(C)(C)N1c1cc(C=O)oc1C=O. The molecule has 5 nitrogen and oxygen atoms in total. The molecule has 1 aliphatic heterocycles. The predicted molar refractivity (Wildman–Crippen MR) is 77.3 cm³/mol. The number of anilines is 1. The molecule has 1 aromatic rings. The minimum atomic E-state index is -0.219. The van der Waals surface area contributed by atoms with Crippen LogP contribution in [-0.4, -0.2) is 29.7 Å². The monoisotopic (exact) mass is 278 g/mol. The second-order valence-electron chi connectivity index (χ2n) is 6.76. The Morgan fingerprint density at radius 1 is 1.20 bits per heavy atom. The van der Waals surface area contributed by atoms with Crippen molar-refractivity contribution in [3.63, 3.8) is 0 Å². The van der Waals surface area contributed by atoms with E-state index in [1.165, 1.54) is 0 Å². The Morgan fingerprint density at radius 3 is 2.20 bits per heavy atom. The fraction of sp³-hybridized carbons (Fsp3) is 0.600. The molecule has 0 radical (unpaired) electrons. The number of hydrogen-bond acceptors (Lipinski definition) is 5. The molecular weight excluding hydrogens is 256 g/mol. The van der Waals surface area contributed by atoms with E-state index < -0.39 is 0 Å². The molecule has 0 unspecified atom stereocenters. The number of furan rings is 1. The van der Waals surface area contributed by atoms with Crippen LogP contribution in [0.3, 0.4) is 0 Å². The van der Waals surface area contributed by atoms with E-state index in [1.54, 1.807) is 6.07 Å². The molecular formula is C15H22N2O3. The summed E-state index contributed by atoms with van der Waals surface area (Å²) in [4.78, 5) is 24.3. The molecule has 0 spiro atoms. The molecule has 20 heavy (non-hydrogen) atoms. The number of rotatable bonds is 3. The number of hydrogen-bond donors (Lipinski definition) is 1. The van der Waals surface area contributed by atoms with Crippen molar-refractivity contribution >= 4 is 18.3 Å². The first kappa shape index (κ1) is 14.8. The van der Waals surface area contributed by atoms with Crippen molar-refractivity contribution in [2.75, 3.05) is 4.90 Å². The summed E-state index contributed by atoms with van der Waals surface area (Å²) in [6, 6.07) is 1.75. The fourth-order valence-corrected chi connectivity index (χ4v) is 3.74.